The molecule has 62 heavy (non-hydrogen) atoms. The van der Waals surface area contributed by atoms with E-state index in [1.165, 1.54) is 116 Å². The maximum atomic E-state index is 13.3. The predicted molar refractivity (Wildman–Crippen MR) is 256 cm³/mol. The minimum atomic E-state index is -0.340. The molecule has 0 aromatic rings. The monoisotopic (exact) mass is 882 g/mol. The SMILES string of the molecule is CCCCCCCCCCCCCC(=O)C[C@H](CCCCNC(=O)CCCCCCCCCCCCC)C(=O)NCCCOCCOCCOCCCNC(=O)CCOCCC. The summed E-state index contributed by atoms with van der Waals surface area (Å²) in [5.41, 5.74) is 0. The van der Waals surface area contributed by atoms with Crippen molar-refractivity contribution < 1.29 is 38.1 Å². The van der Waals surface area contributed by atoms with Crippen molar-refractivity contribution in [3.05, 3.63) is 0 Å². The van der Waals surface area contributed by atoms with Gasteiger partial charge >= 0.3 is 0 Å². The summed E-state index contributed by atoms with van der Waals surface area (Å²) in [6.07, 6.45) is 34.1. The van der Waals surface area contributed by atoms with Crippen molar-refractivity contribution in [3.8, 4) is 0 Å². The minimum absolute atomic E-state index is 0.00189. The van der Waals surface area contributed by atoms with Gasteiger partial charge in [0.1, 0.15) is 5.78 Å². The van der Waals surface area contributed by atoms with E-state index in [1.807, 2.05) is 6.92 Å². The molecule has 0 aliphatic carbocycles. The van der Waals surface area contributed by atoms with E-state index < -0.39 is 0 Å². The second kappa shape index (κ2) is 49.9. The van der Waals surface area contributed by atoms with E-state index in [9.17, 15) is 19.2 Å². The third-order valence-electron chi connectivity index (χ3n) is 11.3. The summed E-state index contributed by atoms with van der Waals surface area (Å²) in [7, 11) is 0. The molecule has 0 saturated heterocycles. The number of nitrogens with one attached hydrogen (secondary N) is 3. The number of carbonyl (C=O) groups is 4. The number of ether oxygens (including phenoxy) is 4. The number of ketones is 1. The quantitative estimate of drug-likeness (QED) is 0.0513. The van der Waals surface area contributed by atoms with E-state index in [-0.39, 0.29) is 35.8 Å². The third-order valence-corrected chi connectivity index (χ3v) is 11.3. The first-order chi connectivity index (χ1) is 30.4. The van der Waals surface area contributed by atoms with Gasteiger partial charge in [-0.25, -0.2) is 0 Å². The molecule has 0 aliphatic rings. The molecule has 11 heteroatoms. The third kappa shape index (κ3) is 45.9. The van der Waals surface area contributed by atoms with Crippen molar-refractivity contribution in [3.63, 3.8) is 0 Å². The first kappa shape index (κ1) is 59.9. The Morgan fingerprint density at radius 3 is 1.26 bits per heavy atom. The fourth-order valence-corrected chi connectivity index (χ4v) is 7.44. The zero-order valence-electron chi connectivity index (χ0n) is 40.7. The van der Waals surface area contributed by atoms with Crippen molar-refractivity contribution in [1.82, 2.24) is 16.0 Å². The Morgan fingerprint density at radius 1 is 0.355 bits per heavy atom. The average molecular weight is 882 g/mol. The lowest BCUT2D eigenvalue weighted by atomic mass is 9.93. The van der Waals surface area contributed by atoms with Crippen LogP contribution in [0, 0.1) is 5.92 Å². The second-order valence-electron chi connectivity index (χ2n) is 17.4. The summed E-state index contributed by atoms with van der Waals surface area (Å²) in [6, 6.07) is 0. The smallest absolute Gasteiger partial charge is 0.223 e. The van der Waals surface area contributed by atoms with Gasteiger partial charge in [-0.1, -0.05) is 156 Å². The van der Waals surface area contributed by atoms with Crippen molar-refractivity contribution >= 4 is 23.5 Å². The largest absolute Gasteiger partial charge is 0.381 e. The fourth-order valence-electron chi connectivity index (χ4n) is 7.44. The van der Waals surface area contributed by atoms with Gasteiger partial charge in [-0.15, -0.1) is 0 Å². The normalized spacial score (nSPS) is 11.8. The van der Waals surface area contributed by atoms with Crippen LogP contribution in [0.4, 0.5) is 0 Å². The van der Waals surface area contributed by atoms with Crippen LogP contribution in [0.5, 0.6) is 0 Å². The lowest BCUT2D eigenvalue weighted by Gasteiger charge is -2.17. The topological polar surface area (TPSA) is 141 Å². The van der Waals surface area contributed by atoms with Gasteiger partial charge in [0.25, 0.3) is 0 Å². The maximum Gasteiger partial charge on any atom is 0.223 e. The Balaban J connectivity index is 4.26. The lowest BCUT2D eigenvalue weighted by molar-refractivity contribution is -0.129. The average Bonchev–Trinajstić information content (AvgIpc) is 3.26. The van der Waals surface area contributed by atoms with E-state index in [2.05, 4.69) is 29.8 Å². The van der Waals surface area contributed by atoms with Crippen molar-refractivity contribution in [1.29, 1.82) is 0 Å². The molecule has 0 aromatic carbocycles. The Kier molecular flexibility index (Phi) is 48.3. The summed E-state index contributed by atoms with van der Waals surface area (Å²) < 4.78 is 22.2. The van der Waals surface area contributed by atoms with Gasteiger partial charge in [-0.3, -0.25) is 19.2 Å². The van der Waals surface area contributed by atoms with Gasteiger partial charge in [0, 0.05) is 71.1 Å². The van der Waals surface area contributed by atoms with Gasteiger partial charge in [0.2, 0.25) is 17.7 Å². The molecular formula is C51H99N3O8. The Morgan fingerprint density at radius 2 is 0.758 bits per heavy atom. The van der Waals surface area contributed by atoms with E-state index in [0.29, 0.717) is 105 Å². The van der Waals surface area contributed by atoms with Crippen LogP contribution in [0.1, 0.15) is 226 Å². The summed E-state index contributed by atoms with van der Waals surface area (Å²) in [6.45, 7) is 12.4. The van der Waals surface area contributed by atoms with Gasteiger partial charge in [-0.05, 0) is 44.9 Å². The second-order valence-corrected chi connectivity index (χ2v) is 17.4. The summed E-state index contributed by atoms with van der Waals surface area (Å²) in [4.78, 5) is 50.4. The van der Waals surface area contributed by atoms with Crippen LogP contribution in [0.15, 0.2) is 0 Å². The van der Waals surface area contributed by atoms with E-state index >= 15 is 0 Å². The molecule has 366 valence electrons. The van der Waals surface area contributed by atoms with Crippen molar-refractivity contribution in [2.75, 3.05) is 72.5 Å². The number of amides is 3. The molecule has 3 amide bonds. The van der Waals surface area contributed by atoms with Crippen LogP contribution in [0.2, 0.25) is 0 Å². The van der Waals surface area contributed by atoms with Crippen LogP contribution >= 0.6 is 0 Å². The zero-order chi connectivity index (χ0) is 45.2. The molecule has 0 spiro atoms. The molecule has 3 N–H and O–H groups in total. The van der Waals surface area contributed by atoms with Crippen LogP contribution < -0.4 is 16.0 Å². The van der Waals surface area contributed by atoms with Crippen LogP contribution in [0.3, 0.4) is 0 Å². The number of hydrogen-bond acceptors (Lipinski definition) is 8. The number of hydrogen-bond donors (Lipinski definition) is 3. The molecule has 0 radical (unpaired) electrons. The fraction of sp³-hybridized carbons (Fsp3) is 0.922. The lowest BCUT2D eigenvalue weighted by Crippen LogP contribution is -2.33. The molecular weight excluding hydrogens is 783 g/mol. The van der Waals surface area contributed by atoms with Crippen molar-refractivity contribution in [2.24, 2.45) is 5.92 Å². The summed E-state index contributed by atoms with van der Waals surface area (Å²) >= 11 is 0. The first-order valence-corrected chi connectivity index (χ1v) is 26.1. The molecule has 0 aromatic heterocycles. The predicted octanol–water partition coefficient (Wildman–Crippen LogP) is 11.1. The highest BCUT2D eigenvalue weighted by Crippen LogP contribution is 2.18. The van der Waals surface area contributed by atoms with Crippen molar-refractivity contribution in [2.45, 2.75) is 226 Å². The molecule has 0 fully saturated rings. The highest BCUT2D eigenvalue weighted by Gasteiger charge is 2.21. The molecule has 11 nitrogen and oxygen atoms in total. The summed E-state index contributed by atoms with van der Waals surface area (Å²) in [5.74, 6) is -0.0891. The van der Waals surface area contributed by atoms with Gasteiger partial charge in [-0.2, -0.15) is 0 Å². The number of rotatable bonds is 51. The molecule has 0 rings (SSSR count). The number of Topliss-reactive ketones (excluding diaryl/α,β-unsaturated/α-hetero) is 1. The first-order valence-electron chi connectivity index (χ1n) is 26.1. The number of carbonyl (C=O) groups excluding carboxylic acids is 4. The minimum Gasteiger partial charge on any atom is -0.381 e. The highest BCUT2D eigenvalue weighted by molar-refractivity contribution is 5.86. The summed E-state index contributed by atoms with van der Waals surface area (Å²) in [5, 5.41) is 8.99. The van der Waals surface area contributed by atoms with Crippen LogP contribution in [0.25, 0.3) is 0 Å². The highest BCUT2D eigenvalue weighted by atomic mass is 16.5. The van der Waals surface area contributed by atoms with E-state index in [0.717, 1.165) is 51.4 Å². The van der Waals surface area contributed by atoms with Crippen LogP contribution in [-0.4, -0.2) is 96.0 Å². The molecule has 0 bridgehead atoms. The molecule has 0 aliphatic heterocycles. The van der Waals surface area contributed by atoms with Gasteiger partial charge in [0.15, 0.2) is 0 Å². The molecule has 0 saturated carbocycles. The Hall–Kier alpha value is -2.08. The van der Waals surface area contributed by atoms with Crippen LogP contribution in [-0.2, 0) is 38.1 Å². The molecule has 0 heterocycles. The van der Waals surface area contributed by atoms with E-state index in [4.69, 9.17) is 18.9 Å². The Bertz CT molecular complexity index is 1000. The standard InChI is InChI=1S/C51H99N3O8/c1-4-7-9-11-13-15-17-19-21-23-25-32-48(55)46-47(31-27-28-35-52-49(56)33-26-24-22-20-18-16-14-12-10-8-5-2)51(58)54-37-30-40-61-43-45-62-44-42-60-39-29-36-53-50(57)34-41-59-38-6-3/h47H,4-46H2,1-3H3,(H,52,56)(H,53,57)(H,54,58)/t47-/m0/s1. The molecule has 1 atom stereocenters. The Labute approximate surface area is 381 Å². The van der Waals surface area contributed by atoms with E-state index in [1.54, 1.807) is 0 Å². The maximum absolute atomic E-state index is 13.3. The van der Waals surface area contributed by atoms with Gasteiger partial charge < -0.3 is 34.9 Å². The molecule has 0 unspecified atom stereocenters. The van der Waals surface area contributed by atoms with Gasteiger partial charge in [0.05, 0.1) is 33.0 Å². The zero-order valence-corrected chi connectivity index (χ0v) is 40.7. The number of unbranched alkanes of at least 4 members (excludes halogenated alkanes) is 21.